The molecule has 1 aromatic heterocycles. The molecule has 20 heavy (non-hydrogen) atoms. The van der Waals surface area contributed by atoms with Crippen molar-refractivity contribution in [1.29, 1.82) is 0 Å². The summed E-state index contributed by atoms with van der Waals surface area (Å²) in [6.07, 6.45) is 8.67. The third-order valence-corrected chi connectivity index (χ3v) is 5.64. The van der Waals surface area contributed by atoms with E-state index >= 15 is 0 Å². The summed E-state index contributed by atoms with van der Waals surface area (Å²) in [6.45, 7) is 1.90. The minimum Gasteiger partial charge on any atom is -0.327 e. The van der Waals surface area contributed by atoms with Crippen LogP contribution in [0, 0.1) is 0 Å². The molecule has 0 bridgehead atoms. The molecular formula is C14H25N3O2S. The molecule has 1 aliphatic rings. The zero-order valence-electron chi connectivity index (χ0n) is 12.2. The van der Waals surface area contributed by atoms with Crippen LogP contribution in [0.25, 0.3) is 0 Å². The van der Waals surface area contributed by atoms with Crippen molar-refractivity contribution < 1.29 is 8.42 Å². The third kappa shape index (κ3) is 4.31. The van der Waals surface area contributed by atoms with Gasteiger partial charge >= 0.3 is 0 Å². The van der Waals surface area contributed by atoms with Crippen molar-refractivity contribution >= 4 is 9.84 Å². The Balaban J connectivity index is 1.98. The first-order chi connectivity index (χ1) is 9.50. The lowest BCUT2D eigenvalue weighted by Crippen LogP contribution is -2.29. The summed E-state index contributed by atoms with van der Waals surface area (Å²) in [4.78, 5) is 0. The van der Waals surface area contributed by atoms with E-state index in [1.54, 1.807) is 0 Å². The molecule has 0 saturated heterocycles. The van der Waals surface area contributed by atoms with Crippen molar-refractivity contribution in [3.63, 3.8) is 0 Å². The predicted octanol–water partition coefficient (Wildman–Crippen LogP) is 2.04. The molecule has 1 fully saturated rings. The quantitative estimate of drug-likeness (QED) is 0.872. The maximum absolute atomic E-state index is 12.0. The predicted molar refractivity (Wildman–Crippen MR) is 80.1 cm³/mol. The molecule has 6 heteroatoms. The molecule has 1 heterocycles. The maximum atomic E-state index is 12.0. The second-order valence-corrected chi connectivity index (χ2v) is 7.91. The Kier molecular flexibility index (Phi) is 5.21. The van der Waals surface area contributed by atoms with Crippen LogP contribution in [0.4, 0.5) is 0 Å². The molecule has 0 spiro atoms. The first-order valence-electron chi connectivity index (χ1n) is 7.50. The fraction of sp³-hybridized carbons (Fsp3) is 0.786. The highest BCUT2D eigenvalue weighted by molar-refractivity contribution is 7.90. The Hall–Kier alpha value is -0.880. The van der Waals surface area contributed by atoms with Crippen molar-refractivity contribution in [3.05, 3.63) is 18.0 Å². The van der Waals surface area contributed by atoms with Crippen LogP contribution in [-0.4, -0.2) is 30.0 Å². The van der Waals surface area contributed by atoms with E-state index in [2.05, 4.69) is 5.10 Å². The van der Waals surface area contributed by atoms with Gasteiger partial charge in [0.05, 0.1) is 23.2 Å². The minimum absolute atomic E-state index is 0.000417. The van der Waals surface area contributed by atoms with Crippen LogP contribution in [0.1, 0.15) is 57.2 Å². The summed E-state index contributed by atoms with van der Waals surface area (Å²) in [5.74, 6) is 0.0419. The molecule has 1 aromatic rings. The summed E-state index contributed by atoms with van der Waals surface area (Å²) in [5, 5.41) is 4.45. The highest BCUT2D eigenvalue weighted by Crippen LogP contribution is 2.27. The molecule has 1 aliphatic carbocycles. The zero-order valence-corrected chi connectivity index (χ0v) is 13.0. The van der Waals surface area contributed by atoms with Crippen LogP contribution >= 0.6 is 0 Å². The summed E-state index contributed by atoms with van der Waals surface area (Å²) in [6, 6.07) is 1.99. The fourth-order valence-electron chi connectivity index (χ4n) is 2.73. The Labute approximate surface area is 121 Å². The van der Waals surface area contributed by atoms with E-state index in [0.29, 0.717) is 18.2 Å². The fourth-order valence-corrected chi connectivity index (χ4v) is 4.34. The van der Waals surface area contributed by atoms with E-state index in [4.69, 9.17) is 5.73 Å². The highest BCUT2D eigenvalue weighted by Gasteiger charge is 2.20. The van der Waals surface area contributed by atoms with Crippen LogP contribution in [0.3, 0.4) is 0 Å². The number of nitrogens with two attached hydrogens (primary N) is 1. The van der Waals surface area contributed by atoms with Crippen molar-refractivity contribution in [2.24, 2.45) is 5.73 Å². The highest BCUT2D eigenvalue weighted by atomic mass is 32.2. The number of sulfone groups is 1. The summed E-state index contributed by atoms with van der Waals surface area (Å²) in [5.41, 5.74) is 6.37. The van der Waals surface area contributed by atoms with Gasteiger partial charge in [-0.15, -0.1) is 0 Å². The largest absolute Gasteiger partial charge is 0.327 e. The van der Waals surface area contributed by atoms with E-state index < -0.39 is 9.84 Å². The van der Waals surface area contributed by atoms with Crippen molar-refractivity contribution in [2.75, 3.05) is 5.75 Å². The molecular weight excluding hydrogens is 274 g/mol. The van der Waals surface area contributed by atoms with Gasteiger partial charge in [0.1, 0.15) is 0 Å². The summed E-state index contributed by atoms with van der Waals surface area (Å²) < 4.78 is 26.0. The smallest absolute Gasteiger partial charge is 0.157 e. The Morgan fingerprint density at radius 1 is 1.40 bits per heavy atom. The lowest BCUT2D eigenvalue weighted by atomic mass is 9.96. The molecule has 1 atom stereocenters. The molecule has 2 rings (SSSR count). The molecule has 0 radical (unpaired) electrons. The van der Waals surface area contributed by atoms with Crippen LogP contribution in [-0.2, 0) is 15.6 Å². The lowest BCUT2D eigenvalue weighted by Gasteiger charge is -2.21. The van der Waals surface area contributed by atoms with Crippen LogP contribution < -0.4 is 5.73 Å². The van der Waals surface area contributed by atoms with Crippen molar-refractivity contribution in [1.82, 2.24) is 9.78 Å². The Morgan fingerprint density at radius 3 is 2.75 bits per heavy atom. The second-order valence-electron chi connectivity index (χ2n) is 5.80. The van der Waals surface area contributed by atoms with Gasteiger partial charge in [-0.3, -0.25) is 4.68 Å². The van der Waals surface area contributed by atoms with Gasteiger partial charge in [-0.05, 0) is 25.3 Å². The van der Waals surface area contributed by atoms with Crippen LogP contribution in [0.2, 0.25) is 0 Å². The molecule has 0 amide bonds. The number of rotatable bonds is 6. The van der Waals surface area contributed by atoms with Gasteiger partial charge in [-0.2, -0.15) is 5.10 Å². The maximum Gasteiger partial charge on any atom is 0.157 e. The normalized spacial score (nSPS) is 19.1. The van der Waals surface area contributed by atoms with Gasteiger partial charge in [0.15, 0.2) is 9.84 Å². The van der Waals surface area contributed by atoms with Gasteiger partial charge in [0, 0.05) is 12.2 Å². The third-order valence-electron chi connectivity index (χ3n) is 3.97. The van der Waals surface area contributed by atoms with Crippen molar-refractivity contribution in [3.8, 4) is 0 Å². The SMILES string of the molecule is CCC(N)CS(=O)(=O)Cc1ccn(C2CCCCC2)n1. The monoisotopic (exact) mass is 299 g/mol. The average Bonchev–Trinajstić information content (AvgIpc) is 2.86. The van der Waals surface area contributed by atoms with E-state index in [1.807, 2.05) is 23.9 Å². The van der Waals surface area contributed by atoms with Gasteiger partial charge in [-0.1, -0.05) is 26.2 Å². The zero-order chi connectivity index (χ0) is 14.6. The van der Waals surface area contributed by atoms with Gasteiger partial charge in [-0.25, -0.2) is 8.42 Å². The Bertz CT molecular complexity index is 518. The average molecular weight is 299 g/mol. The molecule has 114 valence electrons. The standard InChI is InChI=1S/C14H25N3O2S/c1-2-12(15)10-20(18,19)11-13-8-9-17(16-13)14-6-4-3-5-7-14/h8-9,12,14H,2-7,10-11,15H2,1H3. The van der Waals surface area contributed by atoms with E-state index in [-0.39, 0.29) is 17.5 Å². The number of nitrogens with zero attached hydrogens (tertiary/aromatic N) is 2. The van der Waals surface area contributed by atoms with Gasteiger partial charge in [0.2, 0.25) is 0 Å². The van der Waals surface area contributed by atoms with Crippen LogP contribution in [0.5, 0.6) is 0 Å². The minimum atomic E-state index is -3.16. The molecule has 0 aliphatic heterocycles. The molecule has 1 unspecified atom stereocenters. The van der Waals surface area contributed by atoms with Crippen molar-refractivity contribution in [2.45, 2.75) is 63.3 Å². The Morgan fingerprint density at radius 2 is 2.10 bits per heavy atom. The first kappa shape index (κ1) is 15.5. The molecule has 2 N–H and O–H groups in total. The van der Waals surface area contributed by atoms with E-state index in [1.165, 1.54) is 19.3 Å². The summed E-state index contributed by atoms with van der Waals surface area (Å²) >= 11 is 0. The summed E-state index contributed by atoms with van der Waals surface area (Å²) in [7, 11) is -3.16. The number of aromatic nitrogens is 2. The first-order valence-corrected chi connectivity index (χ1v) is 9.32. The van der Waals surface area contributed by atoms with Gasteiger partial charge in [0.25, 0.3) is 0 Å². The molecule has 0 aromatic carbocycles. The second kappa shape index (κ2) is 6.72. The topological polar surface area (TPSA) is 78.0 Å². The number of hydrogen-bond acceptors (Lipinski definition) is 4. The van der Waals surface area contributed by atoms with Crippen LogP contribution in [0.15, 0.2) is 12.3 Å². The van der Waals surface area contributed by atoms with Gasteiger partial charge < -0.3 is 5.73 Å². The number of hydrogen-bond donors (Lipinski definition) is 1. The van der Waals surface area contributed by atoms with E-state index in [0.717, 1.165) is 12.8 Å². The molecule has 1 saturated carbocycles. The van der Waals surface area contributed by atoms with E-state index in [9.17, 15) is 8.42 Å². The lowest BCUT2D eigenvalue weighted by molar-refractivity contribution is 0.328. The molecule has 5 nitrogen and oxygen atoms in total.